The van der Waals surface area contributed by atoms with Crippen LogP contribution in [0, 0.1) is 0 Å². The fourth-order valence-electron chi connectivity index (χ4n) is 2.09. The van der Waals surface area contributed by atoms with Gasteiger partial charge in [-0.3, -0.25) is 5.43 Å². The summed E-state index contributed by atoms with van der Waals surface area (Å²) in [4.78, 5) is 25.4. The molecular formula is C12H24N4O3. The molecule has 0 aromatic heterocycles. The minimum absolute atomic E-state index is 0.356. The molecule has 2 amide bonds. The molecule has 19 heavy (non-hydrogen) atoms. The molecule has 1 aliphatic heterocycles. The van der Waals surface area contributed by atoms with Crippen LogP contribution in [0.4, 0.5) is 4.79 Å². The highest BCUT2D eigenvalue weighted by atomic mass is 16.4. The molecule has 1 fully saturated rings. The summed E-state index contributed by atoms with van der Waals surface area (Å²) in [5.41, 5.74) is 1.53. The second kappa shape index (κ2) is 6.72. The molecule has 0 unspecified atom stereocenters. The van der Waals surface area contributed by atoms with Gasteiger partial charge in [-0.15, -0.1) is 0 Å². The van der Waals surface area contributed by atoms with Crippen LogP contribution in [0.5, 0.6) is 0 Å². The Labute approximate surface area is 113 Å². The van der Waals surface area contributed by atoms with Crippen molar-refractivity contribution >= 4 is 12.0 Å². The van der Waals surface area contributed by atoms with E-state index in [0.29, 0.717) is 12.8 Å². The van der Waals surface area contributed by atoms with Crippen molar-refractivity contribution in [1.29, 1.82) is 0 Å². The van der Waals surface area contributed by atoms with Crippen LogP contribution < -0.4 is 10.7 Å². The van der Waals surface area contributed by atoms with Crippen molar-refractivity contribution in [2.45, 2.75) is 32.2 Å². The number of amides is 2. The molecule has 0 bridgehead atoms. The number of carboxylic acids is 1. The highest BCUT2D eigenvalue weighted by molar-refractivity contribution is 5.85. The third-order valence-electron chi connectivity index (χ3n) is 3.73. The predicted molar refractivity (Wildman–Crippen MR) is 71.7 cm³/mol. The number of aliphatic carboxylic acids is 1. The summed E-state index contributed by atoms with van der Waals surface area (Å²) in [6.07, 6.45) is 0.712. The highest BCUT2D eigenvalue weighted by Crippen LogP contribution is 2.15. The lowest BCUT2D eigenvalue weighted by molar-refractivity contribution is -0.144. The molecular weight excluding hydrogens is 248 g/mol. The van der Waals surface area contributed by atoms with Gasteiger partial charge in [-0.1, -0.05) is 13.8 Å². The second-order valence-corrected chi connectivity index (χ2v) is 4.95. The standard InChI is InChI=1S/C12H24N4O3/c1-4-12(5-2,10(17)18)13-11(19)14-16-8-6-15(3)7-9-16/h4-9H2,1-3H3,(H,17,18)(H2,13,14,19). The van der Waals surface area contributed by atoms with Crippen LogP contribution in [0.1, 0.15) is 26.7 Å². The Balaban J connectivity index is 2.51. The highest BCUT2D eigenvalue weighted by Gasteiger charge is 2.36. The normalized spacial score (nSPS) is 18.1. The molecule has 1 aliphatic rings. The molecule has 1 heterocycles. The Morgan fingerprint density at radius 2 is 1.68 bits per heavy atom. The van der Waals surface area contributed by atoms with Gasteiger partial charge in [-0.2, -0.15) is 0 Å². The maximum atomic E-state index is 11.9. The third kappa shape index (κ3) is 4.07. The lowest BCUT2D eigenvalue weighted by Gasteiger charge is -2.34. The van der Waals surface area contributed by atoms with Crippen molar-refractivity contribution in [2.75, 3.05) is 33.2 Å². The van der Waals surface area contributed by atoms with E-state index in [1.165, 1.54) is 0 Å². The number of rotatable bonds is 5. The molecule has 0 aromatic rings. The zero-order valence-corrected chi connectivity index (χ0v) is 11.9. The summed E-state index contributed by atoms with van der Waals surface area (Å²) in [7, 11) is 2.03. The smallest absolute Gasteiger partial charge is 0.330 e. The molecule has 0 spiro atoms. The van der Waals surface area contributed by atoms with Crippen molar-refractivity contribution in [3.05, 3.63) is 0 Å². The van der Waals surface area contributed by atoms with E-state index >= 15 is 0 Å². The van der Waals surface area contributed by atoms with Gasteiger partial charge in [0.25, 0.3) is 0 Å². The van der Waals surface area contributed by atoms with Gasteiger partial charge in [0.15, 0.2) is 0 Å². The molecule has 0 aromatic carbocycles. The van der Waals surface area contributed by atoms with Crippen LogP contribution in [0.2, 0.25) is 0 Å². The SMILES string of the molecule is CCC(CC)(NC(=O)NN1CCN(C)CC1)C(=O)O. The Kier molecular flexibility index (Phi) is 5.56. The maximum absolute atomic E-state index is 11.9. The van der Waals surface area contributed by atoms with E-state index < -0.39 is 17.5 Å². The molecule has 0 atom stereocenters. The van der Waals surface area contributed by atoms with Crippen molar-refractivity contribution in [2.24, 2.45) is 0 Å². The first-order valence-corrected chi connectivity index (χ1v) is 6.69. The van der Waals surface area contributed by atoms with E-state index in [1.54, 1.807) is 13.8 Å². The van der Waals surface area contributed by atoms with E-state index in [4.69, 9.17) is 0 Å². The molecule has 7 heteroatoms. The fraction of sp³-hybridized carbons (Fsp3) is 0.833. The number of likely N-dealkylation sites (N-methyl/N-ethyl adjacent to an activating group) is 1. The van der Waals surface area contributed by atoms with Crippen LogP contribution in [-0.2, 0) is 4.79 Å². The first kappa shape index (κ1) is 15.7. The Bertz CT molecular complexity index is 323. The maximum Gasteiger partial charge on any atom is 0.330 e. The van der Waals surface area contributed by atoms with Gasteiger partial charge in [0, 0.05) is 26.2 Å². The Hall–Kier alpha value is -1.34. The molecule has 0 aliphatic carbocycles. The van der Waals surface area contributed by atoms with Gasteiger partial charge in [0.1, 0.15) is 5.54 Å². The molecule has 0 radical (unpaired) electrons. The quantitative estimate of drug-likeness (QED) is 0.660. The molecule has 110 valence electrons. The van der Waals surface area contributed by atoms with Crippen LogP contribution in [-0.4, -0.2) is 65.8 Å². The molecule has 1 rings (SSSR count). The first-order chi connectivity index (χ1) is 8.93. The monoisotopic (exact) mass is 272 g/mol. The number of hydrogen-bond donors (Lipinski definition) is 3. The van der Waals surface area contributed by atoms with E-state index in [0.717, 1.165) is 26.2 Å². The fourth-order valence-corrected chi connectivity index (χ4v) is 2.09. The average Bonchev–Trinajstić information content (AvgIpc) is 2.38. The minimum Gasteiger partial charge on any atom is -0.480 e. The van der Waals surface area contributed by atoms with Gasteiger partial charge in [0.05, 0.1) is 0 Å². The van der Waals surface area contributed by atoms with Gasteiger partial charge >= 0.3 is 12.0 Å². The predicted octanol–water partition coefficient (Wildman–Crippen LogP) is 0.0914. The van der Waals surface area contributed by atoms with Gasteiger partial charge in [-0.25, -0.2) is 14.6 Å². The molecule has 0 saturated carbocycles. The number of hydrazine groups is 1. The summed E-state index contributed by atoms with van der Waals surface area (Å²) in [5.74, 6) is -0.994. The lowest BCUT2D eigenvalue weighted by Crippen LogP contribution is -2.61. The average molecular weight is 272 g/mol. The number of urea groups is 1. The number of hydrogen-bond acceptors (Lipinski definition) is 4. The third-order valence-corrected chi connectivity index (χ3v) is 3.73. The number of nitrogens with one attached hydrogen (secondary N) is 2. The zero-order chi connectivity index (χ0) is 14.5. The van der Waals surface area contributed by atoms with Gasteiger partial charge in [-0.05, 0) is 19.9 Å². The molecule has 1 saturated heterocycles. The summed E-state index contributed by atoms with van der Waals surface area (Å²) in [6.45, 7) is 6.75. The van der Waals surface area contributed by atoms with Crippen molar-refractivity contribution in [3.8, 4) is 0 Å². The van der Waals surface area contributed by atoms with Crippen molar-refractivity contribution in [3.63, 3.8) is 0 Å². The summed E-state index contributed by atoms with van der Waals surface area (Å²) < 4.78 is 0. The Morgan fingerprint density at radius 3 is 2.11 bits per heavy atom. The summed E-state index contributed by atoms with van der Waals surface area (Å²) in [6, 6.07) is -0.448. The van der Waals surface area contributed by atoms with Crippen LogP contribution in [0.25, 0.3) is 0 Å². The summed E-state index contributed by atoms with van der Waals surface area (Å²) in [5, 5.41) is 13.6. The number of carbonyl (C=O) groups excluding carboxylic acids is 1. The topological polar surface area (TPSA) is 84.9 Å². The zero-order valence-electron chi connectivity index (χ0n) is 11.9. The van der Waals surface area contributed by atoms with E-state index in [1.807, 2.05) is 12.1 Å². The number of nitrogens with zero attached hydrogens (tertiary/aromatic N) is 2. The van der Waals surface area contributed by atoms with Gasteiger partial charge < -0.3 is 15.3 Å². The van der Waals surface area contributed by atoms with Gasteiger partial charge in [0.2, 0.25) is 0 Å². The molecule has 7 nitrogen and oxygen atoms in total. The van der Waals surface area contributed by atoms with Crippen molar-refractivity contribution < 1.29 is 14.7 Å². The van der Waals surface area contributed by atoms with Crippen LogP contribution in [0.3, 0.4) is 0 Å². The summed E-state index contributed by atoms with van der Waals surface area (Å²) >= 11 is 0. The Morgan fingerprint density at radius 1 is 1.16 bits per heavy atom. The van der Waals surface area contributed by atoms with E-state index in [-0.39, 0.29) is 0 Å². The molecule has 3 N–H and O–H groups in total. The number of piperazine rings is 1. The van der Waals surface area contributed by atoms with E-state index in [2.05, 4.69) is 15.6 Å². The minimum atomic E-state index is -1.18. The lowest BCUT2D eigenvalue weighted by atomic mass is 9.93. The number of carboxylic acid groups (broad SMARTS) is 1. The van der Waals surface area contributed by atoms with Crippen LogP contribution >= 0.6 is 0 Å². The first-order valence-electron chi connectivity index (χ1n) is 6.69. The largest absolute Gasteiger partial charge is 0.480 e. The van der Waals surface area contributed by atoms with Crippen LogP contribution in [0.15, 0.2) is 0 Å². The van der Waals surface area contributed by atoms with Crippen molar-refractivity contribution in [1.82, 2.24) is 20.7 Å². The number of carbonyl (C=O) groups is 2. The van der Waals surface area contributed by atoms with E-state index in [9.17, 15) is 14.7 Å². The second-order valence-electron chi connectivity index (χ2n) is 4.95.